The summed E-state index contributed by atoms with van der Waals surface area (Å²) in [7, 11) is 3.10. The largest absolute Gasteiger partial charge is 0.508 e. The van der Waals surface area contributed by atoms with Gasteiger partial charge < -0.3 is 44.7 Å². The van der Waals surface area contributed by atoms with E-state index >= 15 is 4.79 Å². The molecule has 4 fully saturated rings. The Morgan fingerprint density at radius 3 is 2.29 bits per heavy atom. The molecule has 7 aromatic carbocycles. The van der Waals surface area contributed by atoms with Gasteiger partial charge in [-0.15, -0.1) is 0 Å². The van der Waals surface area contributed by atoms with E-state index in [0.29, 0.717) is 56.6 Å². The van der Waals surface area contributed by atoms with E-state index in [2.05, 4.69) is 83.9 Å². The summed E-state index contributed by atoms with van der Waals surface area (Å²) in [5.41, 5.74) is 6.48. The number of rotatable bonds is 6. The molecule has 11 heteroatoms. The van der Waals surface area contributed by atoms with Crippen molar-refractivity contribution in [3.05, 3.63) is 160 Å². The van der Waals surface area contributed by atoms with Gasteiger partial charge in [-0.25, -0.2) is 0 Å². The molecule has 4 saturated carbocycles. The highest BCUT2D eigenvalue weighted by atomic mass is 16.6. The summed E-state index contributed by atoms with van der Waals surface area (Å²) in [6.45, 7) is 2.92. The molecule has 1 heterocycles. The van der Waals surface area contributed by atoms with Crippen LogP contribution in [0.4, 0.5) is 0 Å². The molecule has 1 spiro atoms. The van der Waals surface area contributed by atoms with Crippen molar-refractivity contribution in [2.24, 2.45) is 29.1 Å². The van der Waals surface area contributed by atoms with Crippen LogP contribution in [0.2, 0.25) is 0 Å². The predicted octanol–water partition coefficient (Wildman–Crippen LogP) is 12.8. The molecule has 6 bridgehead atoms. The zero-order valence-corrected chi connectivity index (χ0v) is 47.6. The third kappa shape index (κ3) is 8.92. The molecule has 7 aliphatic rings. The summed E-state index contributed by atoms with van der Waals surface area (Å²) in [6, 6.07) is 40.9. The van der Waals surface area contributed by atoms with Crippen molar-refractivity contribution in [1.82, 2.24) is 5.32 Å². The minimum absolute atomic E-state index is 0.0131. The lowest BCUT2D eigenvalue weighted by Gasteiger charge is -2.66. The van der Waals surface area contributed by atoms with E-state index in [9.17, 15) is 25.2 Å². The molecule has 1 aliphatic heterocycles. The molecule has 6 aliphatic carbocycles. The first-order chi connectivity index (χ1) is 40.3. The van der Waals surface area contributed by atoms with Gasteiger partial charge in [-0.2, -0.15) is 0 Å². The number of hydrogen-bond donors (Lipinski definition) is 5. The van der Waals surface area contributed by atoms with Crippen molar-refractivity contribution in [3.63, 3.8) is 0 Å². The fraction of sp³-hybridized carbons (Fsp3) is 0.417. The monoisotopic (exact) mass is 1110 g/mol. The topological polar surface area (TPSA) is 164 Å². The molecule has 426 valence electrons. The average Bonchev–Trinajstić information content (AvgIpc) is 0.988. The van der Waals surface area contributed by atoms with Crippen molar-refractivity contribution >= 4 is 33.5 Å². The zero-order valence-electron chi connectivity index (χ0n) is 47.6. The number of nitrogens with one attached hydrogen (secondary N) is 1. The van der Waals surface area contributed by atoms with E-state index in [0.717, 1.165) is 117 Å². The van der Waals surface area contributed by atoms with Gasteiger partial charge in [0.15, 0.2) is 23.0 Å². The Labute approximate surface area is 485 Å². The summed E-state index contributed by atoms with van der Waals surface area (Å²) in [5, 5.41) is 55.2. The van der Waals surface area contributed by atoms with Crippen LogP contribution in [0.25, 0.3) is 32.7 Å². The molecular formula is C72H73NO10. The second-order valence-corrected chi connectivity index (χ2v) is 25.6. The Morgan fingerprint density at radius 2 is 1.47 bits per heavy atom. The van der Waals surface area contributed by atoms with Crippen LogP contribution in [0.5, 0.6) is 28.7 Å². The summed E-state index contributed by atoms with van der Waals surface area (Å²) < 4.78 is 25.9. The Morgan fingerprint density at radius 1 is 0.699 bits per heavy atom. The van der Waals surface area contributed by atoms with Gasteiger partial charge in [-0.3, -0.25) is 9.59 Å². The van der Waals surface area contributed by atoms with Crippen LogP contribution < -0.4 is 14.8 Å². The lowest BCUT2D eigenvalue weighted by atomic mass is 9.38. The number of carbonyl (C=O) groups excluding carboxylic acids is 2. The molecule has 14 rings (SSSR count). The second-order valence-electron chi connectivity index (χ2n) is 25.6. The number of esters is 2. The fourth-order valence-electron chi connectivity index (χ4n) is 17.8. The number of phenols is 3. The standard InChI is InChI=1S/C72H73NO10/c1-41(74)82-65-34-53(83-69(79)71-22-9-11-42(38-71)19-23-70(20-6-7-21-70)40-73-39-43-10-8-14-46(24-43)55-32-52(75)26-47-16-17-50(71)31-54(47)55)33-58-56-36-67(81-3)63(77)29-48(56)27-59-62(76)37-60-57-35-64(78)66(80-2)30-49(57)28-61(65)72(60,68(58)59)51-18-15-44-12-4-5-13-45(44)25-51/h4-5,8,10,12-18,24-26,29-32,35-36,42,53,58-62,65,68,73,75-78H,6-7,9,11,20-22,27-28,33-34,37-40H2,1-3H3/t42-,53-,58+,59+,60-,61+,62+,65+,68-,71+,72+/m0/s1. The Hall–Kier alpha value is -7.52. The van der Waals surface area contributed by atoms with Crippen LogP contribution >= 0.6 is 0 Å². The Balaban J connectivity index is 0.967. The lowest BCUT2D eigenvalue weighted by Crippen LogP contribution is -2.65. The van der Waals surface area contributed by atoms with Crippen molar-refractivity contribution in [2.45, 2.75) is 138 Å². The first-order valence-corrected chi connectivity index (χ1v) is 30.2. The number of aliphatic hydroxyl groups is 1. The van der Waals surface area contributed by atoms with E-state index in [1.54, 1.807) is 26.4 Å². The Kier molecular flexibility index (Phi) is 13.3. The number of aliphatic hydroxyl groups excluding tert-OH is 1. The number of fused-ring (bicyclic) bond motifs is 12. The van der Waals surface area contributed by atoms with Crippen molar-refractivity contribution < 1.29 is 49.0 Å². The van der Waals surface area contributed by atoms with Gasteiger partial charge in [0.25, 0.3) is 0 Å². The van der Waals surface area contributed by atoms with E-state index in [-0.39, 0.29) is 64.6 Å². The zero-order chi connectivity index (χ0) is 56.9. The molecule has 11 nitrogen and oxygen atoms in total. The maximum absolute atomic E-state index is 16.6. The molecule has 0 aromatic heterocycles. The van der Waals surface area contributed by atoms with Crippen molar-refractivity contribution in [3.8, 4) is 51.7 Å². The number of benzene rings is 7. The highest BCUT2D eigenvalue weighted by Crippen LogP contribution is 2.70. The van der Waals surface area contributed by atoms with E-state index in [1.807, 2.05) is 42.5 Å². The maximum Gasteiger partial charge on any atom is 0.316 e. The van der Waals surface area contributed by atoms with E-state index < -0.39 is 41.0 Å². The average molecular weight is 1110 g/mol. The highest BCUT2D eigenvalue weighted by Gasteiger charge is 2.67. The number of carbonyl (C=O) groups is 2. The number of ether oxygens (including phenoxy) is 4. The number of aromatic hydroxyl groups is 3. The third-order valence-electron chi connectivity index (χ3n) is 21.2. The number of methoxy groups -OCH3 is 2. The number of hydrogen-bond acceptors (Lipinski definition) is 11. The summed E-state index contributed by atoms with van der Waals surface area (Å²) >= 11 is 0. The second kappa shape index (κ2) is 20.7. The van der Waals surface area contributed by atoms with Crippen LogP contribution in [0.3, 0.4) is 0 Å². The first kappa shape index (κ1) is 53.5. The van der Waals surface area contributed by atoms with Crippen molar-refractivity contribution in [2.75, 3.05) is 20.8 Å². The normalized spacial score (nSPS) is 29.2. The van der Waals surface area contributed by atoms with Crippen LogP contribution in [0.1, 0.15) is 128 Å². The van der Waals surface area contributed by atoms with Crippen LogP contribution in [-0.4, -0.2) is 71.4 Å². The maximum atomic E-state index is 16.6. The van der Waals surface area contributed by atoms with Gasteiger partial charge in [-0.05, 0) is 202 Å². The molecule has 0 amide bonds. The summed E-state index contributed by atoms with van der Waals surface area (Å²) in [5.74, 6) is 5.81. The minimum Gasteiger partial charge on any atom is -0.508 e. The first-order valence-electron chi connectivity index (χ1n) is 30.2. The van der Waals surface area contributed by atoms with Gasteiger partial charge in [0.05, 0.1) is 25.7 Å². The fourth-order valence-corrected chi connectivity index (χ4v) is 17.8. The quantitative estimate of drug-likeness (QED) is 0.0795. The highest BCUT2D eigenvalue weighted by molar-refractivity contribution is 5.99. The molecule has 7 aromatic rings. The molecular weight excluding hydrogens is 1040 g/mol. The van der Waals surface area contributed by atoms with Gasteiger partial charge in [-0.1, -0.05) is 104 Å². The van der Waals surface area contributed by atoms with E-state index in [4.69, 9.17) is 18.9 Å². The summed E-state index contributed by atoms with van der Waals surface area (Å²) in [6.07, 6.45) is 6.25. The molecule has 5 N–H and O–H groups in total. The summed E-state index contributed by atoms with van der Waals surface area (Å²) in [4.78, 5) is 30.6. The predicted molar refractivity (Wildman–Crippen MR) is 319 cm³/mol. The van der Waals surface area contributed by atoms with Crippen LogP contribution in [-0.2, 0) is 49.3 Å². The molecule has 11 atom stereocenters. The van der Waals surface area contributed by atoms with Gasteiger partial charge in [0, 0.05) is 49.1 Å². The lowest BCUT2D eigenvalue weighted by molar-refractivity contribution is -0.174. The van der Waals surface area contributed by atoms with Crippen molar-refractivity contribution in [1.29, 1.82) is 0 Å². The van der Waals surface area contributed by atoms with E-state index in [1.165, 1.54) is 6.92 Å². The van der Waals surface area contributed by atoms with Gasteiger partial charge in [0.1, 0.15) is 18.0 Å². The smallest absolute Gasteiger partial charge is 0.316 e. The van der Waals surface area contributed by atoms with Gasteiger partial charge in [0.2, 0.25) is 0 Å². The van der Waals surface area contributed by atoms with Crippen LogP contribution in [0, 0.1) is 40.9 Å². The Bertz CT molecular complexity index is 3810. The number of phenolic OH excluding ortho intramolecular Hbond substituents is 3. The van der Waals surface area contributed by atoms with Crippen LogP contribution in [0.15, 0.2) is 121 Å². The molecule has 0 saturated heterocycles. The molecule has 0 radical (unpaired) electrons. The minimum atomic E-state index is -1.13. The third-order valence-corrected chi connectivity index (χ3v) is 21.2. The molecule has 0 unspecified atom stereocenters. The molecule has 83 heavy (non-hydrogen) atoms. The van der Waals surface area contributed by atoms with Gasteiger partial charge >= 0.3 is 11.9 Å². The SMILES string of the molecule is COc1cc2c(cc1O)[C@@H]1C[C@@H](O)[C@H]3Cc4cc(O)c(OC)cc4[C@H]4C[C@H](OC(=O)[C@@]56CCC[C@@H](C#CC7(CCCC7)CNCc7cccc(c7)-c7cc(O)cc8ccc5cc78)C6)C[C@@H](OC(C)=O)[C@@H](C2)[C@]1(c1ccc2ccccc2c1)[C@H]34.